The molecule has 0 aromatic heterocycles. The molecule has 0 heterocycles. The number of hydrogen-bond donors (Lipinski definition) is 3. The number of ether oxygens (including phenoxy) is 1. The molecule has 20 heavy (non-hydrogen) atoms. The van der Waals surface area contributed by atoms with Crippen molar-refractivity contribution in [2.24, 2.45) is 0 Å². The highest BCUT2D eigenvalue weighted by atomic mass is 16.6. The lowest BCUT2D eigenvalue weighted by Crippen LogP contribution is -2.50. The topological polar surface area (TPSA) is 76.4 Å². The Morgan fingerprint density at radius 2 is 1.90 bits per heavy atom. The van der Waals surface area contributed by atoms with Gasteiger partial charge in [0.25, 0.3) is 0 Å². The van der Waals surface area contributed by atoms with Gasteiger partial charge >= 0.3 is 6.09 Å². The molecule has 0 bridgehead atoms. The third-order valence-corrected chi connectivity index (χ3v) is 3.18. The van der Waals surface area contributed by atoms with Crippen LogP contribution in [0.1, 0.15) is 33.6 Å². The molecular formula is C15H23N3O2. The van der Waals surface area contributed by atoms with E-state index in [9.17, 15) is 4.79 Å². The van der Waals surface area contributed by atoms with Gasteiger partial charge in [0.05, 0.1) is 11.4 Å². The van der Waals surface area contributed by atoms with Crippen molar-refractivity contribution in [1.29, 1.82) is 0 Å². The minimum atomic E-state index is -0.454. The Hall–Kier alpha value is -1.91. The monoisotopic (exact) mass is 277 g/mol. The van der Waals surface area contributed by atoms with Crippen LogP contribution in [0.2, 0.25) is 0 Å². The Morgan fingerprint density at radius 3 is 2.50 bits per heavy atom. The number of nitrogens with two attached hydrogens (primary N) is 1. The van der Waals surface area contributed by atoms with Crippen LogP contribution in [-0.4, -0.2) is 23.8 Å². The van der Waals surface area contributed by atoms with Crippen molar-refractivity contribution >= 4 is 17.5 Å². The highest BCUT2D eigenvalue weighted by molar-refractivity contribution is 5.69. The number of carbonyl (C=O) groups is 1. The van der Waals surface area contributed by atoms with Gasteiger partial charge in [-0.3, -0.25) is 0 Å². The second-order valence-electron chi connectivity index (χ2n) is 6.24. The maximum atomic E-state index is 11.6. The molecule has 4 N–H and O–H groups in total. The second kappa shape index (κ2) is 5.61. The van der Waals surface area contributed by atoms with Gasteiger partial charge in [-0.15, -0.1) is 0 Å². The van der Waals surface area contributed by atoms with Crippen molar-refractivity contribution in [3.05, 3.63) is 24.3 Å². The largest absolute Gasteiger partial charge is 0.444 e. The summed E-state index contributed by atoms with van der Waals surface area (Å²) in [5.74, 6) is 0. The molecule has 0 unspecified atom stereocenters. The van der Waals surface area contributed by atoms with E-state index >= 15 is 0 Å². The molecule has 0 radical (unpaired) electrons. The number of para-hydroxylation sites is 2. The van der Waals surface area contributed by atoms with Gasteiger partial charge in [-0.2, -0.15) is 0 Å². The lowest BCUT2D eigenvalue weighted by Gasteiger charge is -2.37. The molecule has 0 saturated heterocycles. The molecule has 1 amide bonds. The van der Waals surface area contributed by atoms with Crippen LogP contribution in [0.5, 0.6) is 0 Å². The summed E-state index contributed by atoms with van der Waals surface area (Å²) in [5, 5.41) is 6.25. The first-order chi connectivity index (χ1) is 9.33. The minimum absolute atomic E-state index is 0.173. The zero-order valence-corrected chi connectivity index (χ0v) is 12.3. The number of alkyl carbamates (subject to hydrolysis) is 1. The van der Waals surface area contributed by atoms with Gasteiger partial charge in [0.2, 0.25) is 0 Å². The highest BCUT2D eigenvalue weighted by Gasteiger charge is 2.31. The van der Waals surface area contributed by atoms with Crippen molar-refractivity contribution in [1.82, 2.24) is 5.32 Å². The molecule has 0 spiro atoms. The van der Waals surface area contributed by atoms with Crippen molar-refractivity contribution < 1.29 is 9.53 Å². The van der Waals surface area contributed by atoms with Crippen molar-refractivity contribution in [3.63, 3.8) is 0 Å². The fourth-order valence-electron chi connectivity index (χ4n) is 2.18. The van der Waals surface area contributed by atoms with Crippen LogP contribution in [0.3, 0.4) is 0 Å². The molecular weight excluding hydrogens is 254 g/mol. The lowest BCUT2D eigenvalue weighted by atomic mass is 9.86. The van der Waals surface area contributed by atoms with Crippen molar-refractivity contribution in [2.45, 2.75) is 51.3 Å². The van der Waals surface area contributed by atoms with E-state index in [-0.39, 0.29) is 12.1 Å². The maximum absolute atomic E-state index is 11.6. The van der Waals surface area contributed by atoms with E-state index in [1.54, 1.807) is 0 Å². The summed E-state index contributed by atoms with van der Waals surface area (Å²) in [6, 6.07) is 8.22. The van der Waals surface area contributed by atoms with Crippen LogP contribution in [0.25, 0.3) is 0 Å². The molecule has 1 aliphatic carbocycles. The Labute approximate surface area is 119 Å². The first kappa shape index (κ1) is 14.5. The Morgan fingerprint density at radius 1 is 1.25 bits per heavy atom. The van der Waals surface area contributed by atoms with Gasteiger partial charge in [0, 0.05) is 12.1 Å². The molecule has 1 aliphatic rings. The SMILES string of the molecule is CC(C)(C)OC(=O)N[C@H]1C[C@@H](Nc2ccccc2N)C1. The molecule has 1 fully saturated rings. The lowest BCUT2D eigenvalue weighted by molar-refractivity contribution is 0.0475. The van der Waals surface area contributed by atoms with E-state index < -0.39 is 5.60 Å². The van der Waals surface area contributed by atoms with Crippen LogP contribution in [0, 0.1) is 0 Å². The number of benzene rings is 1. The van der Waals surface area contributed by atoms with E-state index in [0.29, 0.717) is 6.04 Å². The number of amides is 1. The summed E-state index contributed by atoms with van der Waals surface area (Å²) in [5.41, 5.74) is 7.12. The third-order valence-electron chi connectivity index (χ3n) is 3.18. The number of nitrogens with one attached hydrogen (secondary N) is 2. The van der Waals surface area contributed by atoms with Crippen LogP contribution in [0.4, 0.5) is 16.2 Å². The van der Waals surface area contributed by atoms with E-state index in [4.69, 9.17) is 10.5 Å². The number of carbonyl (C=O) groups excluding carboxylic acids is 1. The normalized spacial score (nSPS) is 21.8. The highest BCUT2D eigenvalue weighted by Crippen LogP contribution is 2.27. The number of rotatable bonds is 3. The molecule has 1 saturated carbocycles. The zero-order valence-electron chi connectivity index (χ0n) is 12.3. The Kier molecular flexibility index (Phi) is 4.06. The van der Waals surface area contributed by atoms with Gasteiger partial charge < -0.3 is 21.1 Å². The van der Waals surface area contributed by atoms with Crippen molar-refractivity contribution in [3.8, 4) is 0 Å². The van der Waals surface area contributed by atoms with E-state index in [2.05, 4.69) is 10.6 Å². The average molecular weight is 277 g/mol. The van der Waals surface area contributed by atoms with E-state index in [1.165, 1.54) is 0 Å². The average Bonchev–Trinajstić information content (AvgIpc) is 2.26. The quantitative estimate of drug-likeness (QED) is 0.742. The van der Waals surface area contributed by atoms with Crippen LogP contribution >= 0.6 is 0 Å². The predicted molar refractivity (Wildman–Crippen MR) is 80.7 cm³/mol. The van der Waals surface area contributed by atoms with Crippen molar-refractivity contribution in [2.75, 3.05) is 11.1 Å². The Bertz CT molecular complexity index is 476. The number of anilines is 2. The van der Waals surface area contributed by atoms with Crippen LogP contribution in [-0.2, 0) is 4.74 Å². The summed E-state index contributed by atoms with van der Waals surface area (Å²) in [4.78, 5) is 11.6. The summed E-state index contributed by atoms with van der Waals surface area (Å²) in [7, 11) is 0. The van der Waals surface area contributed by atoms with E-state index in [1.807, 2.05) is 45.0 Å². The third kappa shape index (κ3) is 4.05. The summed E-state index contributed by atoms with van der Waals surface area (Å²) in [6.07, 6.45) is 1.42. The van der Waals surface area contributed by atoms with Gasteiger partial charge in [0.1, 0.15) is 5.60 Å². The number of hydrogen-bond acceptors (Lipinski definition) is 4. The van der Waals surface area contributed by atoms with Gasteiger partial charge in [-0.05, 0) is 45.7 Å². The maximum Gasteiger partial charge on any atom is 0.407 e. The van der Waals surface area contributed by atoms with Crippen LogP contribution < -0.4 is 16.4 Å². The van der Waals surface area contributed by atoms with E-state index in [0.717, 1.165) is 24.2 Å². The summed E-state index contributed by atoms with van der Waals surface area (Å²) >= 11 is 0. The molecule has 0 atom stereocenters. The fraction of sp³-hybridized carbons (Fsp3) is 0.533. The molecule has 110 valence electrons. The second-order valence-corrected chi connectivity index (χ2v) is 6.24. The molecule has 5 heteroatoms. The fourth-order valence-corrected chi connectivity index (χ4v) is 2.18. The summed E-state index contributed by atoms with van der Waals surface area (Å²) in [6.45, 7) is 5.57. The molecule has 2 rings (SSSR count). The standard InChI is InChI=1S/C15H23N3O2/c1-15(2,3)20-14(19)18-11-8-10(9-11)17-13-7-5-4-6-12(13)16/h4-7,10-11,17H,8-9,16H2,1-3H3,(H,18,19)/t10-,11+. The smallest absolute Gasteiger partial charge is 0.407 e. The summed E-state index contributed by atoms with van der Waals surface area (Å²) < 4.78 is 5.23. The molecule has 1 aromatic carbocycles. The predicted octanol–water partition coefficient (Wildman–Crippen LogP) is 2.74. The zero-order chi connectivity index (χ0) is 14.8. The molecule has 1 aromatic rings. The van der Waals surface area contributed by atoms with Gasteiger partial charge in [-0.25, -0.2) is 4.79 Å². The van der Waals surface area contributed by atoms with Crippen LogP contribution in [0.15, 0.2) is 24.3 Å². The van der Waals surface area contributed by atoms with Gasteiger partial charge in [-0.1, -0.05) is 12.1 Å². The van der Waals surface area contributed by atoms with Gasteiger partial charge in [0.15, 0.2) is 0 Å². The first-order valence-electron chi connectivity index (χ1n) is 6.94. The Balaban J connectivity index is 1.73. The first-order valence-corrected chi connectivity index (χ1v) is 6.94. The molecule has 0 aliphatic heterocycles. The number of nitrogen functional groups attached to an aromatic ring is 1. The molecule has 5 nitrogen and oxygen atoms in total. The minimum Gasteiger partial charge on any atom is -0.444 e.